The molecular formula is C15H24N2O6P2S. The topological polar surface area (TPSA) is 134 Å². The van der Waals surface area contributed by atoms with E-state index in [9.17, 15) is 28.7 Å². The number of thiazole rings is 1. The molecule has 146 valence electrons. The van der Waals surface area contributed by atoms with Gasteiger partial charge in [0.2, 0.25) is 0 Å². The predicted molar refractivity (Wildman–Crippen MR) is 94.7 cm³/mol. The molecule has 0 aliphatic heterocycles. The summed E-state index contributed by atoms with van der Waals surface area (Å²) in [7, 11) is -10.4. The number of anilines is 1. The predicted octanol–water partition coefficient (Wildman–Crippen LogP) is 1.90. The molecule has 4 N–H and O–H groups in total. The van der Waals surface area contributed by atoms with Gasteiger partial charge in [-0.25, -0.2) is 0 Å². The van der Waals surface area contributed by atoms with Gasteiger partial charge in [0, 0.05) is 5.38 Å². The Kier molecular flexibility index (Phi) is 4.48. The van der Waals surface area contributed by atoms with Crippen molar-refractivity contribution in [2.24, 2.45) is 17.8 Å². The van der Waals surface area contributed by atoms with Crippen molar-refractivity contribution < 1.29 is 33.3 Å². The van der Waals surface area contributed by atoms with Crippen LogP contribution >= 0.6 is 26.5 Å². The molecule has 4 aliphatic rings. The molecule has 0 radical (unpaired) electrons. The first-order valence-electron chi connectivity index (χ1n) is 8.83. The molecule has 0 amide bonds. The van der Waals surface area contributed by atoms with E-state index in [1.807, 2.05) is 0 Å². The molecule has 4 aliphatic carbocycles. The molecule has 0 saturated heterocycles. The van der Waals surface area contributed by atoms with Crippen LogP contribution in [0.5, 0.6) is 0 Å². The normalized spacial score (nSPS) is 36.7. The first kappa shape index (κ1) is 19.1. The van der Waals surface area contributed by atoms with E-state index in [0.29, 0.717) is 28.6 Å². The third-order valence-corrected chi connectivity index (χ3v) is 10.6. The molecule has 0 spiro atoms. The maximum Gasteiger partial charge on any atom is 0.378 e. The zero-order valence-electron chi connectivity index (χ0n) is 14.4. The summed E-state index contributed by atoms with van der Waals surface area (Å²) in [4.78, 5) is 40.5. The zero-order chi connectivity index (χ0) is 18.9. The Hall–Kier alpha value is -0.270. The van der Waals surface area contributed by atoms with Crippen molar-refractivity contribution in [2.75, 3.05) is 5.32 Å². The maximum absolute atomic E-state index is 11.9. The molecule has 5 rings (SSSR count). The Morgan fingerprint density at radius 3 is 2.12 bits per heavy atom. The maximum atomic E-state index is 11.9. The number of aryl methyl sites for hydroxylation is 1. The van der Waals surface area contributed by atoms with E-state index >= 15 is 0 Å². The molecule has 4 bridgehead atoms. The Labute approximate surface area is 156 Å². The Balaban J connectivity index is 1.71. The minimum Gasteiger partial charge on any atom is -0.775 e. The van der Waals surface area contributed by atoms with Gasteiger partial charge in [0.25, 0.3) is 5.52 Å². The highest BCUT2D eigenvalue weighted by molar-refractivity contribution is 7.68. The van der Waals surface area contributed by atoms with Crippen LogP contribution in [0.1, 0.15) is 49.7 Å². The van der Waals surface area contributed by atoms with Gasteiger partial charge in [0.1, 0.15) is 11.2 Å². The number of rotatable bonds is 5. The summed E-state index contributed by atoms with van der Waals surface area (Å²) in [5, 5.41) is 5.51. The fourth-order valence-electron chi connectivity index (χ4n) is 5.77. The van der Waals surface area contributed by atoms with Gasteiger partial charge < -0.3 is 24.1 Å². The third-order valence-electron chi connectivity index (χ3n) is 6.17. The van der Waals surface area contributed by atoms with Crippen LogP contribution in [-0.4, -0.2) is 20.2 Å². The van der Waals surface area contributed by atoms with Crippen LogP contribution in [0.4, 0.5) is 5.13 Å². The van der Waals surface area contributed by atoms with Gasteiger partial charge in [-0.1, -0.05) is 11.3 Å². The molecule has 1 aromatic heterocycles. The summed E-state index contributed by atoms with van der Waals surface area (Å²) in [5.41, 5.74) is -2.05. The number of nitrogens with zero attached hydrogens (tertiary/aromatic N) is 1. The van der Waals surface area contributed by atoms with Gasteiger partial charge in [-0.3, -0.25) is 9.88 Å². The van der Waals surface area contributed by atoms with E-state index in [-0.39, 0.29) is 5.54 Å². The van der Waals surface area contributed by atoms with Crippen LogP contribution in [0.15, 0.2) is 5.38 Å². The highest BCUT2D eigenvalue weighted by atomic mass is 32.1. The molecule has 1 heterocycles. The fraction of sp³-hybridized carbons (Fsp3) is 0.800. The van der Waals surface area contributed by atoms with Gasteiger partial charge in [0.05, 0.1) is 0 Å². The van der Waals surface area contributed by atoms with Crippen molar-refractivity contribution in [1.82, 2.24) is 0 Å². The van der Waals surface area contributed by atoms with Gasteiger partial charge in [-0.15, -0.1) is 0 Å². The SMILES string of the molecule is Cc1csc(NC23CC4CC(CC(C4)C2)C3)[n+]1C(P(=O)([O-])O)P(=O)(O)O. The van der Waals surface area contributed by atoms with Crippen LogP contribution in [0, 0.1) is 24.7 Å². The lowest BCUT2D eigenvalue weighted by atomic mass is 9.53. The number of hydrogen-bond donors (Lipinski definition) is 4. The molecule has 0 aromatic carbocycles. The lowest BCUT2D eigenvalue weighted by Gasteiger charge is -2.54. The quantitative estimate of drug-likeness (QED) is 0.421. The van der Waals surface area contributed by atoms with Crippen LogP contribution in [-0.2, 0) is 9.13 Å². The van der Waals surface area contributed by atoms with Crippen LogP contribution in [0.3, 0.4) is 0 Å². The summed E-state index contributed by atoms with van der Waals surface area (Å²) in [5.74, 6) is 2.01. The second-order valence-corrected chi connectivity index (χ2v) is 12.9. The number of nitrogens with one attached hydrogen (secondary N) is 1. The third kappa shape index (κ3) is 3.32. The average Bonchev–Trinajstić information content (AvgIpc) is 2.75. The minimum atomic E-state index is -5.31. The molecule has 8 nitrogen and oxygen atoms in total. The molecule has 2 atom stereocenters. The molecule has 1 aromatic rings. The van der Waals surface area contributed by atoms with E-state index < -0.39 is 20.7 Å². The lowest BCUT2D eigenvalue weighted by Crippen LogP contribution is -2.56. The molecule has 26 heavy (non-hydrogen) atoms. The molecule has 11 heteroatoms. The Morgan fingerprint density at radius 2 is 1.69 bits per heavy atom. The largest absolute Gasteiger partial charge is 0.775 e. The molecular weight excluding hydrogens is 398 g/mol. The first-order valence-corrected chi connectivity index (χ1v) is 13.0. The molecule has 4 saturated carbocycles. The smallest absolute Gasteiger partial charge is 0.378 e. The molecule has 4 fully saturated rings. The van der Waals surface area contributed by atoms with Gasteiger partial charge in [-0.2, -0.15) is 4.57 Å². The monoisotopic (exact) mass is 422 g/mol. The van der Waals surface area contributed by atoms with Gasteiger partial charge >= 0.3 is 12.7 Å². The second kappa shape index (κ2) is 6.11. The van der Waals surface area contributed by atoms with Crippen LogP contribution in [0.2, 0.25) is 0 Å². The Bertz CT molecular complexity index is 758. The highest BCUT2D eigenvalue weighted by Gasteiger charge is 2.55. The lowest BCUT2D eigenvalue weighted by molar-refractivity contribution is -0.677. The van der Waals surface area contributed by atoms with Gasteiger partial charge in [-0.05, 0) is 63.2 Å². The standard InChI is InChI=1S/C15H24N2O6P2S/c1-9-8-26-13(17(9)14(24(18,19)20)25(21,22)23)16-15-5-10-2-11(6-15)4-12(3-10)7-15/h8,10-12,14H,2-7H2,1H3,(H4,18,19,20,21,22,23). The summed E-state index contributed by atoms with van der Waals surface area (Å²) >= 11 is 1.22. The van der Waals surface area contributed by atoms with E-state index in [1.165, 1.54) is 30.6 Å². The van der Waals surface area contributed by atoms with Crippen molar-refractivity contribution in [3.05, 3.63) is 11.1 Å². The average molecular weight is 422 g/mol. The van der Waals surface area contributed by atoms with E-state index in [4.69, 9.17) is 0 Å². The Morgan fingerprint density at radius 1 is 1.19 bits per heavy atom. The number of aromatic nitrogens is 1. The van der Waals surface area contributed by atoms with Crippen molar-refractivity contribution in [2.45, 2.75) is 56.5 Å². The number of hydrogen-bond acceptors (Lipinski definition) is 5. The van der Waals surface area contributed by atoms with Crippen LogP contribution < -0.4 is 14.8 Å². The van der Waals surface area contributed by atoms with Gasteiger partial charge in [0.15, 0.2) is 7.60 Å². The first-order chi connectivity index (χ1) is 12.0. The van der Waals surface area contributed by atoms with Crippen molar-refractivity contribution in [3.8, 4) is 0 Å². The molecule has 2 unspecified atom stereocenters. The minimum absolute atomic E-state index is 0.143. The second-order valence-electron chi connectivity index (χ2n) is 8.37. The van der Waals surface area contributed by atoms with E-state index in [0.717, 1.165) is 23.8 Å². The summed E-state index contributed by atoms with van der Waals surface area (Å²) < 4.78 is 24.7. The van der Waals surface area contributed by atoms with E-state index in [2.05, 4.69) is 5.32 Å². The zero-order valence-corrected chi connectivity index (χ0v) is 17.1. The van der Waals surface area contributed by atoms with Crippen molar-refractivity contribution in [3.63, 3.8) is 0 Å². The summed E-state index contributed by atoms with van der Waals surface area (Å²) in [6.07, 6.45) is 6.77. The van der Waals surface area contributed by atoms with Crippen molar-refractivity contribution >= 4 is 31.7 Å². The summed E-state index contributed by atoms with van der Waals surface area (Å²) in [6.45, 7) is 1.58. The van der Waals surface area contributed by atoms with Crippen LogP contribution in [0.25, 0.3) is 0 Å². The fourth-order valence-corrected chi connectivity index (χ4v) is 9.67. The summed E-state index contributed by atoms with van der Waals surface area (Å²) in [6, 6.07) is 0. The van der Waals surface area contributed by atoms with Crippen molar-refractivity contribution in [1.29, 1.82) is 0 Å². The van der Waals surface area contributed by atoms with E-state index in [1.54, 1.807) is 12.3 Å². The highest BCUT2D eigenvalue weighted by Crippen LogP contribution is 2.64.